The summed E-state index contributed by atoms with van der Waals surface area (Å²) in [7, 11) is 0. The van der Waals surface area contributed by atoms with Gasteiger partial charge in [0.2, 0.25) is 0 Å². The second-order valence-corrected chi connectivity index (χ2v) is 20.0. The molecule has 4 heteroatoms. The average molecular weight is 876 g/mol. The lowest BCUT2D eigenvalue weighted by molar-refractivity contribution is 0.669. The summed E-state index contributed by atoms with van der Waals surface area (Å²) in [4.78, 5) is 7.72. The van der Waals surface area contributed by atoms with Crippen molar-refractivity contribution in [3.05, 3.63) is 269 Å². The molecule has 0 radical (unpaired) electrons. The van der Waals surface area contributed by atoms with Gasteiger partial charge in [-0.15, -0.1) is 0 Å². The van der Waals surface area contributed by atoms with Crippen molar-refractivity contribution >= 4 is 62.5 Å². The number of anilines is 3. The minimum atomic E-state index is -0.453. The van der Waals surface area contributed by atoms with Crippen LogP contribution in [0, 0.1) is 0 Å². The van der Waals surface area contributed by atoms with Crippen LogP contribution >= 0.6 is 23.5 Å². The first-order valence-corrected chi connectivity index (χ1v) is 24.3. The van der Waals surface area contributed by atoms with E-state index in [0.717, 1.165) is 39.0 Å². The van der Waals surface area contributed by atoms with Crippen LogP contribution in [0.15, 0.2) is 248 Å². The Balaban J connectivity index is 1.01. The Bertz CT molecular complexity index is 3590. The molecule has 0 fully saturated rings. The summed E-state index contributed by atoms with van der Waals surface area (Å²) in [5.74, 6) is 0. The Kier molecular flexibility index (Phi) is 7.54. The van der Waals surface area contributed by atoms with Crippen LogP contribution in [0.25, 0.3) is 44.2 Å². The molecule has 4 aliphatic rings. The fourth-order valence-electron chi connectivity index (χ4n) is 12.3. The van der Waals surface area contributed by atoms with E-state index < -0.39 is 10.8 Å². The average Bonchev–Trinajstić information content (AvgIpc) is 4.00. The van der Waals surface area contributed by atoms with E-state index in [1.165, 1.54) is 86.3 Å². The molecule has 0 saturated heterocycles. The van der Waals surface area contributed by atoms with Gasteiger partial charge in [0.15, 0.2) is 0 Å². The molecule has 2 aliphatic carbocycles. The zero-order valence-electron chi connectivity index (χ0n) is 35.5. The molecular weight excluding hydrogens is 839 g/mol. The Morgan fingerprint density at radius 1 is 0.318 bits per heavy atom. The minimum absolute atomic E-state index is 0.453. The maximum atomic E-state index is 6.61. The highest BCUT2D eigenvalue weighted by molar-refractivity contribution is 7.99. The molecule has 2 aliphatic heterocycles. The topological polar surface area (TPSA) is 16.4 Å². The van der Waals surface area contributed by atoms with Gasteiger partial charge in [-0.2, -0.15) is 0 Å². The van der Waals surface area contributed by atoms with Gasteiger partial charge in [0.1, 0.15) is 11.2 Å². The molecule has 10 aromatic carbocycles. The van der Waals surface area contributed by atoms with Crippen LogP contribution in [-0.4, -0.2) is 0 Å². The largest absolute Gasteiger partial charge is 0.456 e. The first-order valence-electron chi connectivity index (χ1n) is 22.7. The van der Waals surface area contributed by atoms with Crippen molar-refractivity contribution in [2.24, 2.45) is 0 Å². The minimum Gasteiger partial charge on any atom is -0.456 e. The van der Waals surface area contributed by atoms with E-state index in [1.807, 2.05) is 23.5 Å². The molecule has 0 N–H and O–H groups in total. The van der Waals surface area contributed by atoms with Gasteiger partial charge in [-0.25, -0.2) is 0 Å². The predicted molar refractivity (Wildman–Crippen MR) is 271 cm³/mol. The van der Waals surface area contributed by atoms with Crippen LogP contribution in [0.3, 0.4) is 0 Å². The fourth-order valence-corrected chi connectivity index (χ4v) is 14.7. The van der Waals surface area contributed by atoms with Crippen LogP contribution < -0.4 is 4.90 Å². The number of fused-ring (bicyclic) bond motifs is 21. The maximum absolute atomic E-state index is 6.61. The molecule has 0 amide bonds. The molecule has 308 valence electrons. The van der Waals surface area contributed by atoms with Crippen LogP contribution in [0.5, 0.6) is 0 Å². The second-order valence-electron chi connectivity index (χ2n) is 17.8. The number of para-hydroxylation sites is 1. The summed E-state index contributed by atoms with van der Waals surface area (Å²) in [6.07, 6.45) is 0. The first-order chi connectivity index (χ1) is 32.7. The predicted octanol–water partition coefficient (Wildman–Crippen LogP) is 16.7. The highest BCUT2D eigenvalue weighted by Crippen LogP contribution is 2.65. The van der Waals surface area contributed by atoms with Crippen LogP contribution in [0.2, 0.25) is 0 Å². The van der Waals surface area contributed by atoms with Gasteiger partial charge in [0.05, 0.1) is 21.9 Å². The third kappa shape index (κ3) is 4.65. The van der Waals surface area contributed by atoms with Crippen molar-refractivity contribution in [3.8, 4) is 22.3 Å². The number of furan rings is 1. The normalized spacial score (nSPS) is 14.8. The van der Waals surface area contributed by atoms with Crippen LogP contribution in [0.4, 0.5) is 17.1 Å². The van der Waals surface area contributed by atoms with Crippen molar-refractivity contribution < 1.29 is 4.42 Å². The molecule has 66 heavy (non-hydrogen) atoms. The van der Waals surface area contributed by atoms with E-state index in [-0.39, 0.29) is 0 Å². The van der Waals surface area contributed by atoms with Crippen molar-refractivity contribution in [1.82, 2.24) is 0 Å². The van der Waals surface area contributed by atoms with Crippen LogP contribution in [0.1, 0.15) is 44.5 Å². The van der Waals surface area contributed by atoms with Crippen LogP contribution in [-0.2, 0) is 10.8 Å². The zero-order valence-corrected chi connectivity index (χ0v) is 37.2. The van der Waals surface area contributed by atoms with E-state index >= 15 is 0 Å². The number of nitrogens with zero attached hydrogens (tertiary/aromatic N) is 1. The van der Waals surface area contributed by atoms with Crippen molar-refractivity contribution in [3.63, 3.8) is 0 Å². The van der Waals surface area contributed by atoms with E-state index in [1.54, 1.807) is 0 Å². The molecule has 11 aromatic rings. The monoisotopic (exact) mass is 875 g/mol. The number of benzene rings is 10. The summed E-state index contributed by atoms with van der Waals surface area (Å²) in [5.41, 5.74) is 19.8. The maximum Gasteiger partial charge on any atom is 0.137 e. The summed E-state index contributed by atoms with van der Waals surface area (Å²) in [6, 6.07) is 83.9. The Morgan fingerprint density at radius 3 is 1.21 bits per heavy atom. The Morgan fingerprint density at radius 2 is 0.712 bits per heavy atom. The molecule has 0 saturated carbocycles. The van der Waals surface area contributed by atoms with E-state index in [4.69, 9.17) is 4.42 Å². The highest BCUT2D eigenvalue weighted by atomic mass is 32.2. The summed E-state index contributed by atoms with van der Waals surface area (Å²) in [5, 5.41) is 2.20. The van der Waals surface area contributed by atoms with Crippen molar-refractivity contribution in [1.29, 1.82) is 0 Å². The Labute approximate surface area is 391 Å². The highest BCUT2D eigenvalue weighted by Gasteiger charge is 2.52. The third-order valence-corrected chi connectivity index (χ3v) is 17.1. The van der Waals surface area contributed by atoms with Crippen molar-refractivity contribution in [2.75, 3.05) is 4.90 Å². The number of hydrogen-bond donors (Lipinski definition) is 0. The van der Waals surface area contributed by atoms with Gasteiger partial charge in [-0.1, -0.05) is 181 Å². The molecule has 0 atom stereocenters. The van der Waals surface area contributed by atoms with E-state index in [0.29, 0.717) is 0 Å². The molecule has 3 heterocycles. The van der Waals surface area contributed by atoms with E-state index in [9.17, 15) is 0 Å². The molecule has 15 rings (SSSR count). The second kappa shape index (κ2) is 13.5. The lowest BCUT2D eigenvalue weighted by Crippen LogP contribution is -2.32. The van der Waals surface area contributed by atoms with Gasteiger partial charge in [-0.3, -0.25) is 0 Å². The summed E-state index contributed by atoms with van der Waals surface area (Å²) >= 11 is 3.77. The van der Waals surface area contributed by atoms with Crippen molar-refractivity contribution in [2.45, 2.75) is 30.4 Å². The Hall–Kier alpha value is -7.50. The molecule has 1 aromatic heterocycles. The smallest absolute Gasteiger partial charge is 0.137 e. The lowest BCUT2D eigenvalue weighted by Gasteiger charge is -2.40. The quantitative estimate of drug-likeness (QED) is 0.176. The number of rotatable bonds is 3. The first kappa shape index (κ1) is 36.8. The SMILES string of the molecule is c1ccc2c(c1)Sc1ccccc1C21c2ccccc2-c2cc(N(c3ccc4c(c3)-c3ccccc3C43c4ccccc4Sc4ccccc43)c3cccc4oc5ccccc5c34)ccc21. The third-order valence-electron chi connectivity index (χ3n) is 14.8. The zero-order chi connectivity index (χ0) is 43.1. The van der Waals surface area contributed by atoms with E-state index in [2.05, 4.69) is 229 Å². The molecule has 2 spiro atoms. The molecule has 0 bridgehead atoms. The van der Waals surface area contributed by atoms with Gasteiger partial charge >= 0.3 is 0 Å². The lowest BCUT2D eigenvalue weighted by atomic mass is 9.67. The summed E-state index contributed by atoms with van der Waals surface area (Å²) in [6.45, 7) is 0. The van der Waals surface area contributed by atoms with Gasteiger partial charge in [-0.05, 0) is 133 Å². The molecule has 2 nitrogen and oxygen atoms in total. The molecular formula is C62H37NOS2. The fraction of sp³-hybridized carbons (Fsp3) is 0.0323. The number of hydrogen-bond acceptors (Lipinski definition) is 4. The van der Waals surface area contributed by atoms with Gasteiger partial charge in [0, 0.05) is 36.3 Å². The van der Waals surface area contributed by atoms with Gasteiger partial charge in [0.25, 0.3) is 0 Å². The van der Waals surface area contributed by atoms with Gasteiger partial charge < -0.3 is 9.32 Å². The standard InChI is InChI=1S/C62H37NOS2/c1-4-19-45-40(16-1)43-36-38(32-34-47(43)61(45)49-21-6-11-28-56(49)65-57-29-12-7-22-50(57)61)63(53-25-15-27-55-60(53)42-18-3-10-26-54(42)64-55)39-33-35-48-44(37-39)41-17-2-5-20-46(41)62(48)51-23-8-13-30-58(51)66-59-31-14-9-24-52(59)62/h1-37H. The molecule has 0 unspecified atom stereocenters. The summed E-state index contributed by atoms with van der Waals surface area (Å²) < 4.78 is 6.61.